The van der Waals surface area contributed by atoms with Gasteiger partial charge in [-0.1, -0.05) is 73.9 Å². The molecule has 27 nitrogen and oxygen atoms in total. The molecule has 9 amide bonds. The zero-order valence-electron chi connectivity index (χ0n) is 48.3. The monoisotopic (exact) mass is 1150 g/mol. The number of imidazole rings is 1. The van der Waals surface area contributed by atoms with Crippen LogP contribution in [0.2, 0.25) is 0 Å². The van der Waals surface area contributed by atoms with Gasteiger partial charge in [0.1, 0.15) is 54.1 Å². The molecule has 16 N–H and O–H groups in total. The van der Waals surface area contributed by atoms with Crippen molar-refractivity contribution in [2.24, 2.45) is 35.1 Å². The Morgan fingerprint density at radius 1 is 0.695 bits per heavy atom. The maximum absolute atomic E-state index is 14.5. The highest BCUT2D eigenvalue weighted by Gasteiger charge is 2.41. The minimum Gasteiger partial charge on any atom is -0.508 e. The molecule has 1 aromatic heterocycles. The summed E-state index contributed by atoms with van der Waals surface area (Å²) in [6.45, 7) is 13.5. The number of carboxylic acid groups (broad SMARTS) is 2. The van der Waals surface area contributed by atoms with Crippen LogP contribution in [0.4, 0.5) is 0 Å². The number of aliphatic carboxylic acids is 2. The Kier molecular flexibility index (Phi) is 28.4. The number of carbonyl (C=O) groups is 11. The molecule has 1 aliphatic heterocycles. The van der Waals surface area contributed by atoms with E-state index in [9.17, 15) is 68.1 Å². The molecular weight excluding hydrogens is 1070 g/mol. The number of nitrogens with one attached hydrogen (secondary N) is 9. The summed E-state index contributed by atoms with van der Waals surface area (Å²) in [5, 5.41) is 50.0. The molecular formula is C55H87N13O14. The molecule has 2 aromatic rings. The third-order valence-corrected chi connectivity index (χ3v) is 14.1. The highest BCUT2D eigenvalue weighted by molar-refractivity contribution is 5.98. The molecule has 1 aliphatic rings. The number of benzene rings is 1. The van der Waals surface area contributed by atoms with Crippen molar-refractivity contribution in [1.82, 2.24) is 57.4 Å². The summed E-state index contributed by atoms with van der Waals surface area (Å²) >= 11 is 0. The average molecular weight is 1150 g/mol. The van der Waals surface area contributed by atoms with Gasteiger partial charge in [0.05, 0.1) is 18.9 Å². The van der Waals surface area contributed by atoms with E-state index in [1.54, 1.807) is 27.7 Å². The summed E-state index contributed by atoms with van der Waals surface area (Å²) in [5.74, 6) is -10.9. The van der Waals surface area contributed by atoms with Gasteiger partial charge in [-0.05, 0) is 92.9 Å². The van der Waals surface area contributed by atoms with Crippen molar-refractivity contribution in [2.45, 2.75) is 180 Å². The Morgan fingerprint density at radius 3 is 1.84 bits per heavy atom. The Morgan fingerprint density at radius 2 is 1.28 bits per heavy atom. The molecule has 0 bridgehead atoms. The van der Waals surface area contributed by atoms with Gasteiger partial charge in [-0.2, -0.15) is 0 Å². The summed E-state index contributed by atoms with van der Waals surface area (Å²) in [5.41, 5.74) is 12.8. The highest BCUT2D eigenvalue weighted by Crippen LogP contribution is 2.22. The largest absolute Gasteiger partial charge is 0.508 e. The second-order valence-corrected chi connectivity index (χ2v) is 22.0. The maximum Gasteiger partial charge on any atom is 0.326 e. The van der Waals surface area contributed by atoms with Gasteiger partial charge < -0.3 is 79.2 Å². The van der Waals surface area contributed by atoms with Crippen LogP contribution in [0.3, 0.4) is 0 Å². The van der Waals surface area contributed by atoms with Crippen molar-refractivity contribution in [1.29, 1.82) is 0 Å². The quantitative estimate of drug-likeness (QED) is 0.0376. The Labute approximate surface area is 478 Å². The zero-order chi connectivity index (χ0) is 61.4. The van der Waals surface area contributed by atoms with Gasteiger partial charge >= 0.3 is 11.9 Å². The van der Waals surface area contributed by atoms with Crippen LogP contribution in [0.5, 0.6) is 5.75 Å². The van der Waals surface area contributed by atoms with E-state index in [0.717, 1.165) is 0 Å². The lowest BCUT2D eigenvalue weighted by molar-refractivity contribution is -0.144. The van der Waals surface area contributed by atoms with E-state index >= 15 is 0 Å². The van der Waals surface area contributed by atoms with Crippen LogP contribution < -0.4 is 54.0 Å². The lowest BCUT2D eigenvalue weighted by Gasteiger charge is -2.31. The minimum atomic E-state index is -1.49. The van der Waals surface area contributed by atoms with E-state index in [1.165, 1.54) is 41.7 Å². The number of aromatic nitrogens is 2. The lowest BCUT2D eigenvalue weighted by Crippen LogP contribution is -2.60. The first-order valence-electron chi connectivity index (χ1n) is 28.0. The third-order valence-electron chi connectivity index (χ3n) is 14.1. The Balaban J connectivity index is 1.78. The Hall–Kier alpha value is -7.68. The van der Waals surface area contributed by atoms with Crippen molar-refractivity contribution in [3.05, 3.63) is 48.0 Å². The van der Waals surface area contributed by atoms with Crippen molar-refractivity contribution in [3.63, 3.8) is 0 Å². The number of hydrogen-bond donors (Lipinski definition) is 14. The minimum absolute atomic E-state index is 0.0212. The molecule has 0 spiro atoms. The van der Waals surface area contributed by atoms with E-state index < -0.39 is 151 Å². The predicted molar refractivity (Wildman–Crippen MR) is 299 cm³/mol. The topological polar surface area (TPSA) is 429 Å². The number of aromatic hydroxyl groups is 1. The first kappa shape index (κ1) is 68.6. The maximum atomic E-state index is 14.5. The number of phenolic OH excluding ortho intramolecular Hbond substituents is 1. The number of rotatable bonds is 35. The fraction of sp³-hybridized carbons (Fsp3) is 0.636. The van der Waals surface area contributed by atoms with Crippen molar-refractivity contribution >= 4 is 65.1 Å². The molecule has 10 atom stereocenters. The number of aromatic amines is 1. The fourth-order valence-corrected chi connectivity index (χ4v) is 9.07. The molecule has 3 rings (SSSR count). The van der Waals surface area contributed by atoms with Crippen LogP contribution in [-0.4, -0.2) is 169 Å². The van der Waals surface area contributed by atoms with Crippen molar-refractivity contribution in [3.8, 4) is 5.75 Å². The molecule has 2 heterocycles. The van der Waals surface area contributed by atoms with Gasteiger partial charge in [0.25, 0.3) is 0 Å². The summed E-state index contributed by atoms with van der Waals surface area (Å²) < 4.78 is 0. The van der Waals surface area contributed by atoms with Crippen LogP contribution in [0.15, 0.2) is 36.8 Å². The van der Waals surface area contributed by atoms with Gasteiger partial charge in [0.2, 0.25) is 53.2 Å². The molecule has 1 fully saturated rings. The molecule has 27 heteroatoms. The van der Waals surface area contributed by atoms with Gasteiger partial charge in [-0.15, -0.1) is 0 Å². The number of amides is 9. The molecule has 0 radical (unpaired) electrons. The van der Waals surface area contributed by atoms with Crippen LogP contribution in [0.25, 0.3) is 0 Å². The number of H-pyrrole nitrogens is 1. The molecule has 0 unspecified atom stereocenters. The molecule has 0 aliphatic carbocycles. The van der Waals surface area contributed by atoms with E-state index in [4.69, 9.17) is 11.5 Å². The summed E-state index contributed by atoms with van der Waals surface area (Å²) in [6, 6.07) is -5.47. The predicted octanol–water partition coefficient (Wildman–Crippen LogP) is -0.789. The normalized spacial score (nSPS) is 16.5. The van der Waals surface area contributed by atoms with E-state index in [-0.39, 0.29) is 62.8 Å². The number of nitrogens with two attached hydrogens (primary N) is 2. The second kappa shape index (κ2) is 33.9. The zero-order valence-corrected chi connectivity index (χ0v) is 48.3. The van der Waals surface area contributed by atoms with Crippen molar-refractivity contribution < 1.29 is 68.1 Å². The van der Waals surface area contributed by atoms with Crippen LogP contribution >= 0.6 is 0 Å². The standard InChI is InChI=1S/C55H87N13O14/c1-9-32(8)44(57)51(77)63-38(23-29(2)3)49(75)61-36(13-10-11-21-56)48(74)62-37(19-20-43(71)72)54(80)68-22-12-14-41(68)50(76)67-46(31(6)7)53(79)64-39(25-34-26-58-28-60-34)47(73)59-27-42(70)66-45(30(4)5)52(78)65-40(55(81)82)24-33-15-17-35(69)18-16-33/h15-18,26,28-32,36-41,44-46,69H,9-14,19-25,27,56-57H2,1-8H3,(H,58,60)(H,59,73)(H,61,75)(H,62,74)(H,63,77)(H,64,79)(H,65,78)(H,66,70)(H,67,76)(H,71,72)(H,81,82)/t32-,36-,37-,38-,39-,40-,41-,44-,45-,46-/m0/s1. The summed E-state index contributed by atoms with van der Waals surface area (Å²) in [7, 11) is 0. The number of phenols is 1. The van der Waals surface area contributed by atoms with Gasteiger partial charge in [-0.25, -0.2) is 9.78 Å². The van der Waals surface area contributed by atoms with Gasteiger partial charge in [-0.3, -0.25) is 47.9 Å². The third kappa shape index (κ3) is 22.3. The second-order valence-electron chi connectivity index (χ2n) is 22.0. The first-order chi connectivity index (χ1) is 38.7. The van der Waals surface area contributed by atoms with Crippen molar-refractivity contribution in [2.75, 3.05) is 19.6 Å². The SMILES string of the molecule is CC[C@H](C)[C@H](N)C(=O)N[C@@H](CC(C)C)C(=O)N[C@@H](CCCCN)C(=O)N[C@@H](CCC(=O)O)C(=O)N1CCC[C@H]1C(=O)N[C@H](C(=O)N[C@@H](Cc1cnc[nH]1)C(=O)NCC(=O)N[C@H](C(=O)N[C@@H](Cc1ccc(O)cc1)C(=O)O)C(C)C)C(C)C. The number of hydrogen-bond acceptors (Lipinski definition) is 15. The number of likely N-dealkylation sites (tertiary alicyclic amines) is 1. The highest BCUT2D eigenvalue weighted by atomic mass is 16.4. The van der Waals surface area contributed by atoms with Gasteiger partial charge in [0, 0.05) is 37.7 Å². The number of nitrogens with zero attached hydrogens (tertiary/aromatic N) is 2. The van der Waals surface area contributed by atoms with Crippen LogP contribution in [-0.2, 0) is 65.6 Å². The summed E-state index contributed by atoms with van der Waals surface area (Å²) in [6.07, 6.45) is 3.68. The van der Waals surface area contributed by atoms with Gasteiger partial charge in [0.15, 0.2) is 0 Å². The van der Waals surface area contributed by atoms with Crippen LogP contribution in [0.1, 0.15) is 124 Å². The van der Waals surface area contributed by atoms with E-state index in [0.29, 0.717) is 36.9 Å². The number of carbonyl (C=O) groups excluding carboxylic acids is 9. The molecule has 1 aromatic carbocycles. The fourth-order valence-electron chi connectivity index (χ4n) is 9.07. The number of carboxylic acids is 2. The lowest BCUT2D eigenvalue weighted by atomic mass is 9.97. The Bertz CT molecular complexity index is 2470. The molecule has 456 valence electrons. The van der Waals surface area contributed by atoms with E-state index in [1.807, 2.05) is 27.7 Å². The van der Waals surface area contributed by atoms with Crippen LogP contribution in [0, 0.1) is 23.7 Å². The summed E-state index contributed by atoms with van der Waals surface area (Å²) in [4.78, 5) is 157. The molecule has 1 saturated heterocycles. The molecule has 0 saturated carbocycles. The first-order valence-corrected chi connectivity index (χ1v) is 28.0. The number of unbranched alkanes of at least 4 members (excludes halogenated alkanes) is 1. The average Bonchev–Trinajstić information content (AvgIpc) is 4.26. The molecule has 82 heavy (non-hydrogen) atoms. The smallest absolute Gasteiger partial charge is 0.326 e. The van der Waals surface area contributed by atoms with E-state index in [2.05, 4.69) is 52.5 Å².